The second kappa shape index (κ2) is 5.52. The van der Waals surface area contributed by atoms with E-state index in [0.29, 0.717) is 12.0 Å². The summed E-state index contributed by atoms with van der Waals surface area (Å²) < 4.78 is 28.4. The molecule has 0 N–H and O–H groups in total. The molecule has 0 aliphatic rings. The number of halogens is 2. The van der Waals surface area contributed by atoms with E-state index >= 15 is 0 Å². The smallest absolute Gasteiger partial charge is 0.387 e. The van der Waals surface area contributed by atoms with Crippen molar-refractivity contribution in [2.24, 2.45) is 0 Å². The number of hydrogen-bond acceptors (Lipinski definition) is 4. The van der Waals surface area contributed by atoms with Crippen LogP contribution in [0.2, 0.25) is 0 Å². The lowest BCUT2D eigenvalue weighted by Gasteiger charge is -2.10. The molecule has 0 aromatic heterocycles. The summed E-state index contributed by atoms with van der Waals surface area (Å²) in [7, 11) is 0. The van der Waals surface area contributed by atoms with Gasteiger partial charge in [0.1, 0.15) is 0 Å². The monoisotopic (exact) mass is 259 g/mol. The first-order valence-corrected chi connectivity index (χ1v) is 5.13. The Labute approximate surface area is 102 Å². The molecule has 7 heteroatoms. The third-order valence-corrected chi connectivity index (χ3v) is 2.36. The summed E-state index contributed by atoms with van der Waals surface area (Å²) in [4.78, 5) is 21.2. The predicted molar refractivity (Wildman–Crippen MR) is 59.1 cm³/mol. The number of ether oxygens (including phenoxy) is 1. The highest BCUT2D eigenvalue weighted by atomic mass is 19.3. The average Bonchev–Trinajstić information content (AvgIpc) is 2.26. The fraction of sp³-hybridized carbons (Fsp3) is 0.364. The Kier molecular flexibility index (Phi) is 4.30. The third-order valence-electron chi connectivity index (χ3n) is 2.36. The molecule has 1 rings (SSSR count). The summed E-state index contributed by atoms with van der Waals surface area (Å²) >= 11 is 0. The van der Waals surface area contributed by atoms with Gasteiger partial charge >= 0.3 is 12.3 Å². The van der Waals surface area contributed by atoms with Crippen molar-refractivity contribution in [3.8, 4) is 5.75 Å². The van der Waals surface area contributed by atoms with Gasteiger partial charge in [0, 0.05) is 11.6 Å². The first-order valence-electron chi connectivity index (χ1n) is 5.13. The van der Waals surface area contributed by atoms with Crippen LogP contribution in [0.3, 0.4) is 0 Å². The lowest BCUT2D eigenvalue weighted by Crippen LogP contribution is -2.08. The number of nitro benzene ring substituents is 1. The van der Waals surface area contributed by atoms with Crippen LogP contribution < -0.4 is 4.74 Å². The summed E-state index contributed by atoms with van der Waals surface area (Å²) in [6, 6.07) is 2.08. The van der Waals surface area contributed by atoms with E-state index in [-0.39, 0.29) is 11.3 Å². The lowest BCUT2D eigenvalue weighted by atomic mass is 10.0. The Bertz CT molecular complexity index is 488. The molecule has 0 atom stereocenters. The van der Waals surface area contributed by atoms with Crippen molar-refractivity contribution in [2.45, 2.75) is 26.9 Å². The number of aryl methyl sites for hydroxylation is 1. The molecule has 0 aliphatic carbocycles. The van der Waals surface area contributed by atoms with Gasteiger partial charge in [-0.2, -0.15) is 8.78 Å². The van der Waals surface area contributed by atoms with Crippen LogP contribution >= 0.6 is 0 Å². The molecule has 98 valence electrons. The summed E-state index contributed by atoms with van der Waals surface area (Å²) in [5, 5.41) is 10.7. The van der Waals surface area contributed by atoms with Gasteiger partial charge in [0.2, 0.25) is 5.75 Å². The van der Waals surface area contributed by atoms with Crippen LogP contribution in [-0.2, 0) is 6.42 Å². The van der Waals surface area contributed by atoms with E-state index in [1.54, 1.807) is 6.92 Å². The molecule has 5 nitrogen and oxygen atoms in total. The van der Waals surface area contributed by atoms with Crippen molar-refractivity contribution in [1.29, 1.82) is 0 Å². The first-order chi connectivity index (χ1) is 8.36. The molecule has 18 heavy (non-hydrogen) atoms. The number of carbonyl (C=O) groups is 1. The molecule has 0 spiro atoms. The predicted octanol–water partition coefficient (Wildman–Crippen LogP) is 2.96. The number of nitro groups is 1. The van der Waals surface area contributed by atoms with Crippen molar-refractivity contribution >= 4 is 11.5 Å². The van der Waals surface area contributed by atoms with Gasteiger partial charge in [-0.05, 0) is 25.0 Å². The molecule has 0 amide bonds. The largest absolute Gasteiger partial charge is 0.427 e. The second-order valence-corrected chi connectivity index (χ2v) is 3.52. The molecule has 1 aromatic carbocycles. The molecule has 0 bridgehead atoms. The maximum Gasteiger partial charge on any atom is 0.387 e. The molecule has 0 heterocycles. The zero-order chi connectivity index (χ0) is 13.9. The summed E-state index contributed by atoms with van der Waals surface area (Å²) in [5.41, 5.74) is -0.0627. The van der Waals surface area contributed by atoms with Gasteiger partial charge in [-0.3, -0.25) is 14.9 Å². The number of carbonyl (C=O) groups excluding carboxylic acids is 1. The van der Waals surface area contributed by atoms with E-state index < -0.39 is 23.0 Å². The van der Waals surface area contributed by atoms with Gasteiger partial charge < -0.3 is 4.74 Å². The topological polar surface area (TPSA) is 69.4 Å². The molecule has 0 radical (unpaired) electrons. The standard InChI is InChI=1S/C11H11F2NO4/c1-3-7-4-10(18-11(12)13)9(14(16)17)5-8(7)6(2)15/h4-5,11H,3H2,1-2H3. The molecule has 0 aliphatic heterocycles. The lowest BCUT2D eigenvalue weighted by molar-refractivity contribution is -0.386. The van der Waals surface area contributed by atoms with Crippen molar-refractivity contribution in [3.05, 3.63) is 33.4 Å². The number of Topliss-reactive ketones (excluding diaryl/α,β-unsaturated/α-hetero) is 1. The Morgan fingerprint density at radius 2 is 2.11 bits per heavy atom. The van der Waals surface area contributed by atoms with E-state index in [2.05, 4.69) is 4.74 Å². The molecule has 0 fully saturated rings. The number of nitrogens with zero attached hydrogens (tertiary/aromatic N) is 1. The molecular weight excluding hydrogens is 248 g/mol. The Balaban J connectivity index is 3.41. The number of benzene rings is 1. The molecule has 0 saturated carbocycles. The molecule has 0 saturated heterocycles. The summed E-state index contributed by atoms with van der Waals surface area (Å²) in [6.45, 7) is -0.192. The SMILES string of the molecule is CCc1cc(OC(F)F)c([N+](=O)[O-])cc1C(C)=O. The highest BCUT2D eigenvalue weighted by Gasteiger charge is 2.22. The number of ketones is 1. The minimum atomic E-state index is -3.16. The van der Waals surface area contributed by atoms with Crippen molar-refractivity contribution in [2.75, 3.05) is 0 Å². The fourth-order valence-corrected chi connectivity index (χ4v) is 1.56. The second-order valence-electron chi connectivity index (χ2n) is 3.52. The van der Waals surface area contributed by atoms with Crippen molar-refractivity contribution < 1.29 is 23.2 Å². The fourth-order valence-electron chi connectivity index (χ4n) is 1.56. The zero-order valence-corrected chi connectivity index (χ0v) is 9.78. The Hall–Kier alpha value is -2.05. The van der Waals surface area contributed by atoms with Gasteiger partial charge in [0.15, 0.2) is 5.78 Å². The van der Waals surface area contributed by atoms with Crippen LogP contribution in [0.1, 0.15) is 29.8 Å². The first kappa shape index (κ1) is 14.0. The van der Waals surface area contributed by atoms with Crippen LogP contribution in [0.25, 0.3) is 0 Å². The Morgan fingerprint density at radius 1 is 1.50 bits per heavy atom. The van der Waals surface area contributed by atoms with E-state index in [0.717, 1.165) is 12.1 Å². The van der Waals surface area contributed by atoms with Gasteiger partial charge in [-0.25, -0.2) is 0 Å². The quantitative estimate of drug-likeness (QED) is 0.463. The van der Waals surface area contributed by atoms with Gasteiger partial charge in [0.25, 0.3) is 0 Å². The van der Waals surface area contributed by atoms with E-state index in [1.807, 2.05) is 0 Å². The minimum Gasteiger partial charge on any atom is -0.427 e. The maximum absolute atomic E-state index is 12.1. The van der Waals surface area contributed by atoms with Crippen LogP contribution in [0, 0.1) is 10.1 Å². The number of rotatable bonds is 5. The van der Waals surface area contributed by atoms with Crippen molar-refractivity contribution in [3.63, 3.8) is 0 Å². The Morgan fingerprint density at radius 3 is 2.50 bits per heavy atom. The molecule has 0 unspecified atom stereocenters. The van der Waals surface area contributed by atoms with Crippen molar-refractivity contribution in [1.82, 2.24) is 0 Å². The highest BCUT2D eigenvalue weighted by Crippen LogP contribution is 2.32. The van der Waals surface area contributed by atoms with Crippen LogP contribution in [0.15, 0.2) is 12.1 Å². The summed E-state index contributed by atoms with van der Waals surface area (Å²) in [5.74, 6) is -0.893. The van der Waals surface area contributed by atoms with Gasteiger partial charge in [-0.15, -0.1) is 0 Å². The van der Waals surface area contributed by atoms with E-state index in [1.165, 1.54) is 6.92 Å². The molecule has 1 aromatic rings. The minimum absolute atomic E-state index is 0.144. The van der Waals surface area contributed by atoms with Crippen LogP contribution in [-0.4, -0.2) is 17.3 Å². The van der Waals surface area contributed by atoms with E-state index in [9.17, 15) is 23.7 Å². The van der Waals surface area contributed by atoms with Crippen LogP contribution in [0.5, 0.6) is 5.75 Å². The van der Waals surface area contributed by atoms with Crippen LogP contribution in [0.4, 0.5) is 14.5 Å². The zero-order valence-electron chi connectivity index (χ0n) is 9.78. The third kappa shape index (κ3) is 2.99. The van der Waals surface area contributed by atoms with Gasteiger partial charge in [-0.1, -0.05) is 6.92 Å². The normalized spacial score (nSPS) is 10.5. The number of alkyl halides is 2. The summed E-state index contributed by atoms with van der Waals surface area (Å²) in [6.07, 6.45) is 0.381. The average molecular weight is 259 g/mol. The van der Waals surface area contributed by atoms with Gasteiger partial charge in [0.05, 0.1) is 4.92 Å². The number of hydrogen-bond donors (Lipinski definition) is 0. The van der Waals surface area contributed by atoms with E-state index in [4.69, 9.17) is 0 Å². The maximum atomic E-state index is 12.1. The molecular formula is C11H11F2NO4. The highest BCUT2D eigenvalue weighted by molar-refractivity contribution is 5.96.